The van der Waals surface area contributed by atoms with Crippen molar-refractivity contribution in [1.82, 2.24) is 10.2 Å². The predicted molar refractivity (Wildman–Crippen MR) is 131 cm³/mol. The molecule has 3 N–H and O–H groups in total. The lowest BCUT2D eigenvalue weighted by molar-refractivity contribution is -0.115. The van der Waals surface area contributed by atoms with Gasteiger partial charge in [0.25, 0.3) is 0 Å². The molecule has 3 rings (SSSR count). The van der Waals surface area contributed by atoms with E-state index in [1.165, 1.54) is 5.56 Å². The molecule has 0 bridgehead atoms. The van der Waals surface area contributed by atoms with Crippen LogP contribution in [0.3, 0.4) is 0 Å². The number of piperidine rings is 1. The molecule has 0 spiro atoms. The van der Waals surface area contributed by atoms with Crippen molar-refractivity contribution in [3.63, 3.8) is 0 Å². The van der Waals surface area contributed by atoms with E-state index >= 15 is 0 Å². The number of nitrogens with one attached hydrogen (secondary N) is 3. The van der Waals surface area contributed by atoms with Gasteiger partial charge in [-0.15, -0.1) is 0 Å². The molecule has 2 aromatic carbocycles. The summed E-state index contributed by atoms with van der Waals surface area (Å²) >= 11 is 12.5. The minimum absolute atomic E-state index is 0.117. The van der Waals surface area contributed by atoms with Crippen LogP contribution in [0.2, 0.25) is 10.0 Å². The largest absolute Gasteiger partial charge is 0.359 e. The number of carbonyl (C=O) groups excluding carboxylic acids is 1. The van der Waals surface area contributed by atoms with Gasteiger partial charge >= 0.3 is 0 Å². The topological polar surface area (TPSA) is 80.2 Å². The summed E-state index contributed by atoms with van der Waals surface area (Å²) in [5, 5.41) is 18.7. The van der Waals surface area contributed by atoms with Crippen LogP contribution in [0.1, 0.15) is 30.7 Å². The first kappa shape index (κ1) is 23.9. The summed E-state index contributed by atoms with van der Waals surface area (Å²) in [4.78, 5) is 14.2. The SMILES string of the molecule is C=C(Nc1c(Cl)cccc1Cl)N1CCC(c2ccc(NC(=O)CNCCC#N)cc2)CC1. The van der Waals surface area contributed by atoms with Crippen LogP contribution in [-0.4, -0.2) is 37.0 Å². The highest BCUT2D eigenvalue weighted by atomic mass is 35.5. The number of hydrogen-bond donors (Lipinski definition) is 3. The maximum absolute atomic E-state index is 11.9. The fourth-order valence-electron chi connectivity index (χ4n) is 3.71. The highest BCUT2D eigenvalue weighted by molar-refractivity contribution is 6.39. The van der Waals surface area contributed by atoms with Crippen LogP contribution in [0.4, 0.5) is 11.4 Å². The van der Waals surface area contributed by atoms with Crippen LogP contribution < -0.4 is 16.0 Å². The van der Waals surface area contributed by atoms with Crippen molar-refractivity contribution >= 4 is 40.5 Å². The number of likely N-dealkylation sites (tertiary alicyclic amines) is 1. The molecule has 1 heterocycles. The second-order valence-corrected chi connectivity index (χ2v) is 8.50. The van der Waals surface area contributed by atoms with Crippen molar-refractivity contribution in [2.24, 2.45) is 0 Å². The number of halogens is 2. The summed E-state index contributed by atoms with van der Waals surface area (Å²) in [6.07, 6.45) is 2.40. The second kappa shape index (κ2) is 11.8. The molecule has 1 aliphatic heterocycles. The Hall–Kier alpha value is -2.72. The first-order valence-corrected chi connectivity index (χ1v) is 11.4. The van der Waals surface area contributed by atoms with E-state index in [2.05, 4.69) is 39.6 Å². The van der Waals surface area contributed by atoms with E-state index in [0.717, 1.165) is 37.4 Å². The average Bonchev–Trinajstić information content (AvgIpc) is 2.80. The molecule has 0 aromatic heterocycles. The third-order valence-electron chi connectivity index (χ3n) is 5.47. The number of nitrogens with zero attached hydrogens (tertiary/aromatic N) is 2. The normalized spacial score (nSPS) is 14.0. The Balaban J connectivity index is 1.47. The van der Waals surface area contributed by atoms with Gasteiger partial charge in [0, 0.05) is 31.7 Å². The molecule has 0 unspecified atom stereocenters. The lowest BCUT2D eigenvalue weighted by Crippen LogP contribution is -2.34. The number of nitriles is 1. The van der Waals surface area contributed by atoms with E-state index in [1.807, 2.05) is 24.3 Å². The molecule has 0 radical (unpaired) electrons. The van der Waals surface area contributed by atoms with Gasteiger partial charge in [-0.05, 0) is 48.6 Å². The van der Waals surface area contributed by atoms with Crippen molar-refractivity contribution in [1.29, 1.82) is 5.26 Å². The Labute approximate surface area is 199 Å². The first-order chi connectivity index (χ1) is 15.5. The molecule has 2 aromatic rings. The van der Waals surface area contributed by atoms with Gasteiger partial charge in [0.1, 0.15) is 0 Å². The summed E-state index contributed by atoms with van der Waals surface area (Å²) in [5.74, 6) is 1.13. The lowest BCUT2D eigenvalue weighted by Gasteiger charge is -2.35. The van der Waals surface area contributed by atoms with Crippen LogP contribution in [0.5, 0.6) is 0 Å². The monoisotopic (exact) mass is 471 g/mol. The van der Waals surface area contributed by atoms with Crippen LogP contribution >= 0.6 is 23.2 Å². The van der Waals surface area contributed by atoms with Crippen LogP contribution in [-0.2, 0) is 4.79 Å². The number of benzene rings is 2. The van der Waals surface area contributed by atoms with Gasteiger partial charge in [0.15, 0.2) is 0 Å². The molecule has 1 amide bonds. The summed E-state index contributed by atoms with van der Waals surface area (Å²) in [7, 11) is 0. The van der Waals surface area contributed by atoms with E-state index < -0.39 is 0 Å². The maximum atomic E-state index is 11.9. The summed E-state index contributed by atoms with van der Waals surface area (Å²) < 4.78 is 0. The number of amides is 1. The van der Waals surface area contributed by atoms with E-state index in [-0.39, 0.29) is 12.5 Å². The molecule has 0 atom stereocenters. The molecule has 6 nitrogen and oxygen atoms in total. The van der Waals surface area contributed by atoms with Crippen molar-refractivity contribution in [2.45, 2.75) is 25.2 Å². The highest BCUT2D eigenvalue weighted by Crippen LogP contribution is 2.33. The van der Waals surface area contributed by atoms with E-state index in [9.17, 15) is 4.79 Å². The Morgan fingerprint density at radius 1 is 1.09 bits per heavy atom. The van der Waals surface area contributed by atoms with Crippen LogP contribution in [0.15, 0.2) is 54.9 Å². The Morgan fingerprint density at radius 2 is 1.75 bits per heavy atom. The minimum atomic E-state index is -0.117. The van der Waals surface area contributed by atoms with Gasteiger partial charge in [0.05, 0.1) is 34.2 Å². The van der Waals surface area contributed by atoms with Gasteiger partial charge in [-0.2, -0.15) is 5.26 Å². The standard InChI is InChI=1S/C24H27Cl2N5O/c1-17(29-24-21(25)4-2-5-22(24)26)31-14-10-19(11-15-31)18-6-8-20(9-7-18)30-23(32)16-28-13-3-12-27/h2,4-9,19,28-29H,1,3,10-11,13-16H2,(H,30,32). The minimum Gasteiger partial charge on any atom is -0.359 e. The Bertz CT molecular complexity index is 959. The summed E-state index contributed by atoms with van der Waals surface area (Å²) in [6, 6.07) is 15.5. The smallest absolute Gasteiger partial charge is 0.238 e. The van der Waals surface area contributed by atoms with Crippen LogP contribution in [0.25, 0.3) is 0 Å². The van der Waals surface area contributed by atoms with Crippen LogP contribution in [0, 0.1) is 11.3 Å². The molecule has 32 heavy (non-hydrogen) atoms. The quantitative estimate of drug-likeness (QED) is 0.438. The molecular formula is C24H27Cl2N5O. The van der Waals surface area contributed by atoms with Crippen molar-refractivity contribution < 1.29 is 4.79 Å². The zero-order valence-electron chi connectivity index (χ0n) is 17.8. The third kappa shape index (κ3) is 6.64. The van der Waals surface area contributed by atoms with E-state index in [1.54, 1.807) is 12.1 Å². The zero-order valence-corrected chi connectivity index (χ0v) is 19.3. The van der Waals surface area contributed by atoms with Crippen molar-refractivity contribution in [3.05, 3.63) is 70.5 Å². The number of carbonyl (C=O) groups is 1. The van der Waals surface area contributed by atoms with Gasteiger partial charge in [-0.25, -0.2) is 0 Å². The number of anilines is 2. The number of hydrogen-bond acceptors (Lipinski definition) is 5. The molecule has 8 heteroatoms. The molecule has 1 saturated heterocycles. The predicted octanol–water partition coefficient (Wildman–Crippen LogP) is 5.20. The molecule has 168 valence electrons. The maximum Gasteiger partial charge on any atom is 0.238 e. The van der Waals surface area contributed by atoms with Gasteiger partial charge in [-0.1, -0.05) is 48.0 Å². The molecule has 1 aliphatic rings. The average molecular weight is 472 g/mol. The second-order valence-electron chi connectivity index (χ2n) is 7.68. The zero-order chi connectivity index (χ0) is 22.9. The third-order valence-corrected chi connectivity index (χ3v) is 6.10. The highest BCUT2D eigenvalue weighted by Gasteiger charge is 2.22. The van der Waals surface area contributed by atoms with E-state index in [4.69, 9.17) is 28.5 Å². The number of rotatable bonds is 9. The first-order valence-electron chi connectivity index (χ1n) is 10.6. The molecular weight excluding hydrogens is 445 g/mol. The number of para-hydroxylation sites is 1. The molecule has 0 saturated carbocycles. The fourth-order valence-corrected chi connectivity index (χ4v) is 4.21. The van der Waals surface area contributed by atoms with Gasteiger partial charge in [-0.3, -0.25) is 4.79 Å². The summed E-state index contributed by atoms with van der Waals surface area (Å²) in [5.41, 5.74) is 2.72. The van der Waals surface area contributed by atoms with Gasteiger partial charge in [0.2, 0.25) is 5.91 Å². The molecule has 1 fully saturated rings. The van der Waals surface area contributed by atoms with Crippen molar-refractivity contribution in [2.75, 3.05) is 36.8 Å². The Kier molecular flexibility index (Phi) is 8.81. The summed E-state index contributed by atoms with van der Waals surface area (Å²) in [6.45, 7) is 6.62. The lowest BCUT2D eigenvalue weighted by atomic mass is 9.89. The fraction of sp³-hybridized carbons (Fsp3) is 0.333. The van der Waals surface area contributed by atoms with Gasteiger partial charge < -0.3 is 20.9 Å². The van der Waals surface area contributed by atoms with E-state index in [0.29, 0.717) is 34.6 Å². The van der Waals surface area contributed by atoms with Crippen molar-refractivity contribution in [3.8, 4) is 6.07 Å². The Morgan fingerprint density at radius 3 is 2.38 bits per heavy atom. The molecule has 0 aliphatic carbocycles.